The van der Waals surface area contributed by atoms with Crippen molar-refractivity contribution in [3.63, 3.8) is 0 Å². The highest BCUT2D eigenvalue weighted by molar-refractivity contribution is 7.91. The number of sulfone groups is 1. The zero-order valence-corrected chi connectivity index (χ0v) is 18.0. The largest absolute Gasteiger partial charge is 0.358 e. The number of anilines is 2. The van der Waals surface area contributed by atoms with Crippen LogP contribution in [0.5, 0.6) is 0 Å². The Bertz CT molecular complexity index is 1160. The van der Waals surface area contributed by atoms with E-state index in [4.69, 9.17) is 11.6 Å². The van der Waals surface area contributed by atoms with E-state index in [1.54, 1.807) is 23.2 Å². The first-order valence-electron chi connectivity index (χ1n) is 8.83. The summed E-state index contributed by atoms with van der Waals surface area (Å²) in [4.78, 5) is 22.2. The summed E-state index contributed by atoms with van der Waals surface area (Å²) in [5.41, 5.74) is 2.88. The van der Waals surface area contributed by atoms with Crippen molar-refractivity contribution in [2.45, 2.75) is 6.92 Å². The molecule has 0 unspecified atom stereocenters. The first kappa shape index (κ1) is 21.4. The molecule has 2 aromatic heterocycles. The second-order valence-electron chi connectivity index (χ2n) is 6.82. The van der Waals surface area contributed by atoms with Gasteiger partial charge in [0, 0.05) is 41.6 Å². The molecule has 0 atom stereocenters. The third-order valence-corrected chi connectivity index (χ3v) is 6.70. The number of fused-ring (bicyclic) bond motifs is 1. The van der Waals surface area contributed by atoms with Crippen molar-refractivity contribution in [3.05, 3.63) is 52.8 Å². The number of carbonyl (C=O) groups is 1. The van der Waals surface area contributed by atoms with E-state index in [-0.39, 0.29) is 42.9 Å². The summed E-state index contributed by atoms with van der Waals surface area (Å²) in [6.45, 7) is 2.32. The fraction of sp³-hybridized carbons (Fsp3) is 0.263. The van der Waals surface area contributed by atoms with Crippen molar-refractivity contribution in [3.8, 4) is 0 Å². The number of hydrogen-bond donors (Lipinski definition) is 2. The Balaban J connectivity index is 0.00000240. The van der Waals surface area contributed by atoms with Crippen LogP contribution in [0.3, 0.4) is 0 Å². The molecule has 1 fully saturated rings. The maximum absolute atomic E-state index is 13.0. The van der Waals surface area contributed by atoms with Crippen LogP contribution in [0.4, 0.5) is 11.5 Å². The highest BCUT2D eigenvalue weighted by Crippen LogP contribution is 2.30. The van der Waals surface area contributed by atoms with Gasteiger partial charge in [0.25, 0.3) is 5.91 Å². The molecule has 1 aromatic carbocycles. The zero-order chi connectivity index (χ0) is 19.9. The number of aromatic nitrogens is 2. The summed E-state index contributed by atoms with van der Waals surface area (Å²) in [6, 6.07) is 7.29. The van der Waals surface area contributed by atoms with Crippen LogP contribution >= 0.6 is 24.0 Å². The van der Waals surface area contributed by atoms with Gasteiger partial charge in [0.1, 0.15) is 0 Å². The number of pyridine rings is 1. The van der Waals surface area contributed by atoms with E-state index < -0.39 is 9.84 Å². The fourth-order valence-corrected chi connectivity index (χ4v) is 4.75. The van der Waals surface area contributed by atoms with Gasteiger partial charge in [-0.05, 0) is 30.7 Å². The lowest BCUT2D eigenvalue weighted by Crippen LogP contribution is -2.43. The molecule has 1 amide bonds. The summed E-state index contributed by atoms with van der Waals surface area (Å²) < 4.78 is 23.3. The number of nitrogens with one attached hydrogen (secondary N) is 2. The second kappa shape index (κ2) is 8.22. The summed E-state index contributed by atoms with van der Waals surface area (Å²) in [5, 5.41) is 4.61. The van der Waals surface area contributed by atoms with Gasteiger partial charge in [-0.1, -0.05) is 17.7 Å². The van der Waals surface area contributed by atoms with Crippen molar-refractivity contribution in [2.75, 3.05) is 29.9 Å². The summed E-state index contributed by atoms with van der Waals surface area (Å²) in [6.07, 6.45) is 3.37. The minimum absolute atomic E-state index is 0. The quantitative estimate of drug-likeness (QED) is 0.630. The minimum atomic E-state index is -3.05. The Labute approximate surface area is 179 Å². The van der Waals surface area contributed by atoms with Crippen LogP contribution < -0.4 is 5.32 Å². The van der Waals surface area contributed by atoms with Crippen LogP contribution in [0.25, 0.3) is 10.9 Å². The second-order valence-corrected chi connectivity index (χ2v) is 9.56. The lowest BCUT2D eigenvalue weighted by Gasteiger charge is -2.27. The zero-order valence-electron chi connectivity index (χ0n) is 15.6. The van der Waals surface area contributed by atoms with E-state index in [1.807, 2.05) is 25.3 Å². The average Bonchev–Trinajstić information content (AvgIpc) is 3.04. The number of carbonyl (C=O) groups excluding carboxylic acids is 1. The molecule has 29 heavy (non-hydrogen) atoms. The van der Waals surface area contributed by atoms with E-state index in [0.717, 1.165) is 16.6 Å². The molecule has 1 aliphatic rings. The van der Waals surface area contributed by atoms with E-state index in [1.165, 1.54) is 0 Å². The van der Waals surface area contributed by atoms with E-state index in [0.29, 0.717) is 21.9 Å². The van der Waals surface area contributed by atoms with Gasteiger partial charge in [0.05, 0.1) is 22.6 Å². The van der Waals surface area contributed by atoms with Gasteiger partial charge < -0.3 is 15.2 Å². The number of benzene rings is 1. The Morgan fingerprint density at radius 3 is 2.69 bits per heavy atom. The van der Waals surface area contributed by atoms with E-state index in [9.17, 15) is 13.2 Å². The van der Waals surface area contributed by atoms with Gasteiger partial charge in [0.15, 0.2) is 15.7 Å². The predicted molar refractivity (Wildman–Crippen MR) is 117 cm³/mol. The molecule has 2 N–H and O–H groups in total. The van der Waals surface area contributed by atoms with Crippen molar-refractivity contribution in [1.29, 1.82) is 0 Å². The monoisotopic (exact) mass is 454 g/mol. The van der Waals surface area contributed by atoms with Crippen LogP contribution in [0.1, 0.15) is 15.9 Å². The molecule has 10 heteroatoms. The first-order valence-corrected chi connectivity index (χ1v) is 11.0. The normalized spacial score (nSPS) is 15.7. The molecule has 4 rings (SSSR count). The molecular weight excluding hydrogens is 435 g/mol. The maximum atomic E-state index is 13.0. The number of nitrogens with zero attached hydrogens (tertiary/aromatic N) is 2. The maximum Gasteiger partial charge on any atom is 0.256 e. The number of amides is 1. The number of hydrogen-bond acceptors (Lipinski definition) is 5. The molecule has 7 nitrogen and oxygen atoms in total. The van der Waals surface area contributed by atoms with Crippen LogP contribution in [-0.2, 0) is 9.84 Å². The topological polar surface area (TPSA) is 95.2 Å². The van der Waals surface area contributed by atoms with Gasteiger partial charge in [-0.2, -0.15) is 0 Å². The fourth-order valence-electron chi connectivity index (χ4n) is 3.36. The standard InChI is InChI=1S/C19H19ClN4O3S.ClH/c1-12-10-21-17-16(12)15(19(25)24-5-7-28(26,27)8-6-24)11-22-18(17)23-14-4-2-3-13(20)9-14;/h2-4,9-11,21H,5-8H2,1H3,(H,22,23);1H. The third kappa shape index (κ3) is 4.34. The van der Waals surface area contributed by atoms with Gasteiger partial charge in [-0.25, -0.2) is 13.4 Å². The molecule has 0 bridgehead atoms. The Morgan fingerprint density at radius 1 is 1.28 bits per heavy atom. The van der Waals surface area contributed by atoms with Crippen molar-refractivity contribution >= 4 is 62.2 Å². The minimum Gasteiger partial charge on any atom is -0.358 e. The van der Waals surface area contributed by atoms with Crippen LogP contribution in [-0.4, -0.2) is 53.8 Å². The lowest BCUT2D eigenvalue weighted by molar-refractivity contribution is 0.0772. The molecule has 0 saturated carbocycles. The van der Waals surface area contributed by atoms with Crippen molar-refractivity contribution in [2.24, 2.45) is 0 Å². The third-order valence-electron chi connectivity index (χ3n) is 4.86. The van der Waals surface area contributed by atoms with Gasteiger partial charge >= 0.3 is 0 Å². The van der Waals surface area contributed by atoms with Crippen molar-refractivity contribution in [1.82, 2.24) is 14.9 Å². The van der Waals surface area contributed by atoms with Gasteiger partial charge in [0.2, 0.25) is 0 Å². The number of aromatic amines is 1. The SMILES string of the molecule is Cc1c[nH]c2c(Nc3cccc(Cl)c3)ncc(C(=O)N3CCS(=O)(=O)CC3)c12.Cl. The molecule has 3 heterocycles. The molecule has 0 aliphatic carbocycles. The molecular formula is C19H20Cl2N4O3S. The predicted octanol–water partition coefficient (Wildman–Crippen LogP) is 3.56. The molecule has 1 aliphatic heterocycles. The van der Waals surface area contributed by atoms with Crippen LogP contribution in [0.2, 0.25) is 5.02 Å². The number of halogens is 2. The van der Waals surface area contributed by atoms with E-state index in [2.05, 4.69) is 15.3 Å². The molecule has 0 spiro atoms. The highest BCUT2D eigenvalue weighted by atomic mass is 35.5. The Kier molecular flexibility index (Phi) is 6.07. The van der Waals surface area contributed by atoms with E-state index >= 15 is 0 Å². The first-order chi connectivity index (χ1) is 13.3. The van der Waals surface area contributed by atoms with Gasteiger partial charge in [-0.3, -0.25) is 4.79 Å². The summed E-state index contributed by atoms with van der Waals surface area (Å²) in [5.74, 6) is 0.374. The molecule has 154 valence electrons. The lowest BCUT2D eigenvalue weighted by atomic mass is 10.1. The van der Waals surface area contributed by atoms with Crippen LogP contribution in [0, 0.1) is 6.92 Å². The number of H-pyrrole nitrogens is 1. The summed E-state index contributed by atoms with van der Waals surface area (Å²) in [7, 11) is -3.05. The highest BCUT2D eigenvalue weighted by Gasteiger charge is 2.28. The number of aryl methyl sites for hydroxylation is 1. The van der Waals surface area contributed by atoms with Crippen molar-refractivity contribution < 1.29 is 13.2 Å². The van der Waals surface area contributed by atoms with Crippen LogP contribution in [0.15, 0.2) is 36.7 Å². The molecule has 1 saturated heterocycles. The molecule has 3 aromatic rings. The number of rotatable bonds is 3. The Morgan fingerprint density at radius 2 is 2.00 bits per heavy atom. The average molecular weight is 455 g/mol. The smallest absolute Gasteiger partial charge is 0.256 e. The summed E-state index contributed by atoms with van der Waals surface area (Å²) >= 11 is 6.05. The molecule has 0 radical (unpaired) electrons. The Hall–Kier alpha value is -2.29. The van der Waals surface area contributed by atoms with Gasteiger partial charge in [-0.15, -0.1) is 12.4 Å².